The number of benzene rings is 2. The second kappa shape index (κ2) is 12.9. The molecule has 1 aromatic heterocycles. The van der Waals surface area contributed by atoms with Gasteiger partial charge < -0.3 is 14.2 Å². The van der Waals surface area contributed by atoms with Gasteiger partial charge in [0.15, 0.2) is 0 Å². The van der Waals surface area contributed by atoms with Gasteiger partial charge in [0.25, 0.3) is 5.91 Å². The van der Waals surface area contributed by atoms with E-state index in [2.05, 4.69) is 6.92 Å². The molecule has 0 bridgehead atoms. The first-order valence-electron chi connectivity index (χ1n) is 12.3. The van der Waals surface area contributed by atoms with Crippen LogP contribution in [0.5, 0.6) is 0 Å². The number of hydrogen-bond acceptors (Lipinski definition) is 3. The van der Waals surface area contributed by atoms with Crippen LogP contribution in [0, 0.1) is 12.7 Å². The van der Waals surface area contributed by atoms with Crippen LogP contribution >= 0.6 is 0 Å². The molecule has 0 saturated heterocycles. The quantitative estimate of drug-likeness (QED) is 0.314. The van der Waals surface area contributed by atoms with Crippen molar-refractivity contribution in [2.75, 3.05) is 13.1 Å². The first kappa shape index (κ1) is 26.2. The SMILES string of the molecule is CCCCc1ccc(C(=O)N(CCC)CC(=O)N(Cc2ccc(F)cc2)Cc2ccc(C)o2)cc1. The maximum atomic E-state index is 13.4. The lowest BCUT2D eigenvalue weighted by Gasteiger charge is -2.27. The van der Waals surface area contributed by atoms with Crippen molar-refractivity contribution < 1.29 is 18.4 Å². The van der Waals surface area contributed by atoms with E-state index in [4.69, 9.17) is 4.42 Å². The van der Waals surface area contributed by atoms with Gasteiger partial charge in [0.05, 0.1) is 6.54 Å². The van der Waals surface area contributed by atoms with Crippen LogP contribution in [0.2, 0.25) is 0 Å². The van der Waals surface area contributed by atoms with E-state index in [9.17, 15) is 14.0 Å². The number of hydrogen-bond donors (Lipinski definition) is 0. The molecule has 3 aromatic rings. The summed E-state index contributed by atoms with van der Waals surface area (Å²) in [6.45, 7) is 7.00. The molecule has 186 valence electrons. The van der Waals surface area contributed by atoms with Gasteiger partial charge in [0, 0.05) is 18.7 Å². The molecule has 5 nitrogen and oxygen atoms in total. The average molecular weight is 479 g/mol. The lowest BCUT2D eigenvalue weighted by molar-refractivity contribution is -0.133. The minimum Gasteiger partial charge on any atom is -0.464 e. The second-order valence-corrected chi connectivity index (χ2v) is 8.92. The van der Waals surface area contributed by atoms with Gasteiger partial charge in [0.2, 0.25) is 5.91 Å². The monoisotopic (exact) mass is 478 g/mol. The Kier molecular flexibility index (Phi) is 9.65. The maximum absolute atomic E-state index is 13.4. The molecule has 0 aliphatic carbocycles. The summed E-state index contributed by atoms with van der Waals surface area (Å²) in [5.41, 5.74) is 2.60. The fourth-order valence-electron chi connectivity index (χ4n) is 3.96. The molecule has 2 amide bonds. The van der Waals surface area contributed by atoms with Gasteiger partial charge in [-0.2, -0.15) is 0 Å². The highest BCUT2D eigenvalue weighted by Crippen LogP contribution is 2.16. The zero-order valence-corrected chi connectivity index (χ0v) is 20.9. The molecule has 0 N–H and O–H groups in total. The van der Waals surface area contributed by atoms with Crippen molar-refractivity contribution in [1.29, 1.82) is 0 Å². The van der Waals surface area contributed by atoms with E-state index >= 15 is 0 Å². The summed E-state index contributed by atoms with van der Waals surface area (Å²) < 4.78 is 19.1. The molecule has 1 heterocycles. The van der Waals surface area contributed by atoms with E-state index in [1.165, 1.54) is 17.7 Å². The topological polar surface area (TPSA) is 53.8 Å². The number of rotatable bonds is 12. The van der Waals surface area contributed by atoms with Crippen molar-refractivity contribution in [2.24, 2.45) is 0 Å². The summed E-state index contributed by atoms with van der Waals surface area (Å²) >= 11 is 0. The second-order valence-electron chi connectivity index (χ2n) is 8.92. The number of halogens is 1. The highest BCUT2D eigenvalue weighted by molar-refractivity contribution is 5.96. The summed E-state index contributed by atoms with van der Waals surface area (Å²) in [7, 11) is 0. The number of aryl methyl sites for hydroxylation is 2. The van der Waals surface area contributed by atoms with Gasteiger partial charge in [-0.3, -0.25) is 9.59 Å². The van der Waals surface area contributed by atoms with Crippen LogP contribution < -0.4 is 0 Å². The highest BCUT2D eigenvalue weighted by Gasteiger charge is 2.23. The Bertz CT molecular complexity index is 1090. The molecule has 0 saturated carbocycles. The van der Waals surface area contributed by atoms with Crippen molar-refractivity contribution >= 4 is 11.8 Å². The van der Waals surface area contributed by atoms with Crippen LogP contribution in [0.25, 0.3) is 0 Å². The number of furan rings is 1. The molecule has 2 aromatic carbocycles. The van der Waals surface area contributed by atoms with Crippen molar-refractivity contribution in [3.8, 4) is 0 Å². The van der Waals surface area contributed by atoms with Gasteiger partial charge in [-0.15, -0.1) is 0 Å². The van der Waals surface area contributed by atoms with E-state index in [1.807, 2.05) is 50.2 Å². The summed E-state index contributed by atoms with van der Waals surface area (Å²) in [4.78, 5) is 30.0. The van der Waals surface area contributed by atoms with Crippen molar-refractivity contribution in [2.45, 2.75) is 59.5 Å². The van der Waals surface area contributed by atoms with Crippen LogP contribution in [0.15, 0.2) is 65.1 Å². The van der Waals surface area contributed by atoms with Crippen LogP contribution in [0.3, 0.4) is 0 Å². The third-order valence-electron chi connectivity index (χ3n) is 5.91. The summed E-state index contributed by atoms with van der Waals surface area (Å²) in [5, 5.41) is 0. The van der Waals surface area contributed by atoms with Crippen LogP contribution in [0.1, 0.15) is 66.1 Å². The van der Waals surface area contributed by atoms with Crippen molar-refractivity contribution in [3.05, 3.63) is 94.7 Å². The molecule has 0 spiro atoms. The molecular formula is C29H35FN2O3. The predicted molar refractivity (Wildman–Crippen MR) is 135 cm³/mol. The zero-order chi connectivity index (χ0) is 25.2. The fraction of sp³-hybridized carbons (Fsp3) is 0.379. The molecule has 0 unspecified atom stereocenters. The van der Waals surface area contributed by atoms with Crippen LogP contribution in [0.4, 0.5) is 4.39 Å². The molecule has 0 atom stereocenters. The Morgan fingerprint density at radius 3 is 2.11 bits per heavy atom. The Balaban J connectivity index is 1.75. The van der Waals surface area contributed by atoms with Crippen molar-refractivity contribution in [1.82, 2.24) is 9.80 Å². The first-order valence-corrected chi connectivity index (χ1v) is 12.3. The predicted octanol–water partition coefficient (Wildman–Crippen LogP) is 6.15. The molecule has 3 rings (SSSR count). The van der Waals surface area contributed by atoms with E-state index in [-0.39, 0.29) is 30.7 Å². The number of carbonyl (C=O) groups excluding carboxylic acids is 2. The number of nitrogens with zero attached hydrogens (tertiary/aromatic N) is 2. The lowest BCUT2D eigenvalue weighted by Crippen LogP contribution is -2.42. The Labute approximate surface area is 207 Å². The van der Waals surface area contributed by atoms with Gasteiger partial charge >= 0.3 is 0 Å². The summed E-state index contributed by atoms with van der Waals surface area (Å²) in [6.07, 6.45) is 3.97. The third kappa shape index (κ3) is 7.81. The van der Waals surface area contributed by atoms with Gasteiger partial charge in [-0.25, -0.2) is 4.39 Å². The standard InChI is InChI=1S/C29H35FN2O3/c1-4-6-7-23-9-13-25(14-10-23)29(34)31(18-5-2)21-28(33)32(20-27-17-8-22(3)35-27)19-24-11-15-26(30)16-12-24/h8-17H,4-7,18-21H2,1-3H3. The minimum absolute atomic E-state index is 0.0366. The van der Waals surface area contributed by atoms with Gasteiger partial charge in [-0.05, 0) is 73.7 Å². The zero-order valence-electron chi connectivity index (χ0n) is 20.9. The van der Waals surface area contributed by atoms with Crippen molar-refractivity contribution in [3.63, 3.8) is 0 Å². The van der Waals surface area contributed by atoms with Gasteiger partial charge in [-0.1, -0.05) is 44.5 Å². The lowest BCUT2D eigenvalue weighted by atomic mass is 10.1. The molecule has 6 heteroatoms. The fourth-order valence-corrected chi connectivity index (χ4v) is 3.96. The average Bonchev–Trinajstić information content (AvgIpc) is 3.27. The third-order valence-corrected chi connectivity index (χ3v) is 5.91. The summed E-state index contributed by atoms with van der Waals surface area (Å²) in [5.74, 6) is 0.754. The smallest absolute Gasteiger partial charge is 0.254 e. The first-order chi connectivity index (χ1) is 16.9. The van der Waals surface area contributed by atoms with E-state index in [1.54, 1.807) is 21.9 Å². The Morgan fingerprint density at radius 1 is 0.829 bits per heavy atom. The number of amides is 2. The van der Waals surface area contributed by atoms with Crippen LogP contribution in [-0.2, 0) is 24.3 Å². The minimum atomic E-state index is -0.325. The normalized spacial score (nSPS) is 10.9. The molecule has 0 aliphatic rings. The maximum Gasteiger partial charge on any atom is 0.254 e. The number of unbranched alkanes of at least 4 members (excludes halogenated alkanes) is 1. The van der Waals surface area contributed by atoms with E-state index in [0.29, 0.717) is 24.4 Å². The van der Waals surface area contributed by atoms with Crippen LogP contribution in [-0.4, -0.2) is 34.7 Å². The number of carbonyl (C=O) groups is 2. The van der Waals surface area contributed by atoms with E-state index < -0.39 is 0 Å². The molecular weight excluding hydrogens is 443 g/mol. The molecule has 35 heavy (non-hydrogen) atoms. The Morgan fingerprint density at radius 2 is 1.51 bits per heavy atom. The summed E-state index contributed by atoms with van der Waals surface area (Å²) in [6, 6.07) is 17.5. The largest absolute Gasteiger partial charge is 0.464 e. The molecule has 0 aliphatic heterocycles. The molecule has 0 fully saturated rings. The van der Waals surface area contributed by atoms with E-state index in [0.717, 1.165) is 37.0 Å². The highest BCUT2D eigenvalue weighted by atomic mass is 19.1. The van der Waals surface area contributed by atoms with Gasteiger partial charge in [0.1, 0.15) is 23.9 Å². The Hall–Kier alpha value is -3.41. The molecule has 0 radical (unpaired) electrons.